The molecule has 4 aliphatic carbocycles. The van der Waals surface area contributed by atoms with Gasteiger partial charge in [-0.15, -0.1) is 22.7 Å². The first-order chi connectivity index (χ1) is 41.8. The molecule has 0 radical (unpaired) electrons. The highest BCUT2D eigenvalue weighted by Gasteiger charge is 2.59. The number of fused-ring (bicyclic) bond motifs is 12. The molecule has 5 heterocycles. The van der Waals surface area contributed by atoms with Gasteiger partial charge in [0.2, 0.25) is 0 Å². The maximum absolute atomic E-state index is 20.1. The minimum Gasteiger partial charge on any atom is -0.389 e. The van der Waals surface area contributed by atoms with Crippen LogP contribution in [0.5, 0.6) is 0 Å². The summed E-state index contributed by atoms with van der Waals surface area (Å²) in [5, 5.41) is 3.92. The maximum Gasteiger partial charge on any atom is 0.738 e. The van der Waals surface area contributed by atoms with E-state index in [4.69, 9.17) is 0 Å². The Morgan fingerprint density at radius 3 is 1.27 bits per heavy atom. The summed E-state index contributed by atoms with van der Waals surface area (Å²) >= 11 is 3.29. The van der Waals surface area contributed by atoms with Gasteiger partial charge in [-0.05, 0) is 240 Å². The highest BCUT2D eigenvalue weighted by Crippen LogP contribution is 2.66. The van der Waals surface area contributed by atoms with Crippen molar-refractivity contribution in [3.8, 4) is 32.8 Å². The molecule has 6 aromatic carbocycles. The van der Waals surface area contributed by atoms with Crippen molar-refractivity contribution in [3.63, 3.8) is 0 Å². The average molecular weight is 1210 g/mol. The molecule has 0 saturated carbocycles. The monoisotopic (exact) mass is 1200 g/mol. The highest BCUT2D eigenvalue weighted by molar-refractivity contribution is 7.22. The van der Waals surface area contributed by atoms with Crippen molar-refractivity contribution in [2.24, 2.45) is 0 Å². The minimum atomic E-state index is -4.56. The van der Waals surface area contributed by atoms with E-state index in [1.54, 1.807) is 22.7 Å². The zero-order valence-corrected chi connectivity index (χ0v) is 57.1. The number of rotatable bonds is 12. The topological polar surface area (TPSA) is 7.94 Å². The predicted molar refractivity (Wildman–Crippen MR) is 376 cm³/mol. The minimum absolute atomic E-state index is 0.0627. The lowest BCUT2D eigenvalue weighted by Crippen LogP contribution is -2.50. The molecule has 9 aromatic rings. The molecule has 0 amide bonds. The molecule has 15 rings (SSSR count). The summed E-state index contributed by atoms with van der Waals surface area (Å²) in [5.41, 5.74) is 21.2. The second-order valence-electron chi connectivity index (χ2n) is 31.1. The first-order valence-electron chi connectivity index (χ1n) is 34.0. The van der Waals surface area contributed by atoms with Crippen molar-refractivity contribution in [1.29, 1.82) is 0 Å². The number of nitrogens with zero attached hydrogens (tertiary/aromatic N) is 2. The molecule has 0 saturated heterocycles. The summed E-state index contributed by atoms with van der Waals surface area (Å²) in [7, 11) is 0. The first kappa shape index (κ1) is 58.5. The first-order valence-corrected chi connectivity index (χ1v) is 35.6. The van der Waals surface area contributed by atoms with E-state index < -0.39 is 6.97 Å². The summed E-state index contributed by atoms with van der Waals surface area (Å²) in [5.74, 6) is 0. The van der Waals surface area contributed by atoms with Crippen LogP contribution in [0.4, 0.5) is 8.63 Å². The normalized spacial score (nSPS) is 21.0. The van der Waals surface area contributed by atoms with Crippen LogP contribution in [0.25, 0.3) is 75.5 Å². The molecule has 0 atom stereocenters. The molecule has 0 fully saturated rings. The van der Waals surface area contributed by atoms with Crippen molar-refractivity contribution in [2.75, 3.05) is 0 Å². The van der Waals surface area contributed by atoms with E-state index in [2.05, 4.69) is 226 Å². The Hall–Kier alpha value is -5.89. The molecule has 88 heavy (non-hydrogen) atoms. The van der Waals surface area contributed by atoms with Gasteiger partial charge in [0.15, 0.2) is 11.4 Å². The molecule has 454 valence electrons. The third-order valence-corrected chi connectivity index (χ3v) is 27.3. The van der Waals surface area contributed by atoms with E-state index in [0.717, 1.165) is 140 Å². The summed E-state index contributed by atoms with van der Waals surface area (Å²) in [6.45, 7) is 34.6. The van der Waals surface area contributed by atoms with Crippen molar-refractivity contribution >= 4 is 78.1 Å². The lowest BCUT2D eigenvalue weighted by atomic mass is 9.72. The van der Waals surface area contributed by atoms with Crippen LogP contribution in [0.2, 0.25) is 0 Å². The van der Waals surface area contributed by atoms with Gasteiger partial charge in [-0.25, -0.2) is 0 Å². The number of halogens is 2. The summed E-state index contributed by atoms with van der Waals surface area (Å²) in [6, 6.07) is 40.6. The third kappa shape index (κ3) is 7.53. The van der Waals surface area contributed by atoms with Gasteiger partial charge in [0.25, 0.3) is 0 Å². The van der Waals surface area contributed by atoms with E-state index in [1.807, 2.05) is 0 Å². The van der Waals surface area contributed by atoms with E-state index in [0.29, 0.717) is 22.8 Å². The lowest BCUT2D eigenvalue weighted by molar-refractivity contribution is -0.316. The number of hydrogen-bond donors (Lipinski definition) is 0. The Morgan fingerprint density at radius 2 is 0.841 bits per heavy atom. The van der Waals surface area contributed by atoms with Gasteiger partial charge in [-0.3, -0.25) is 0 Å². The van der Waals surface area contributed by atoms with Crippen LogP contribution in [-0.2, 0) is 43.3 Å². The van der Waals surface area contributed by atoms with E-state index in [9.17, 15) is 0 Å². The largest absolute Gasteiger partial charge is 0.738 e. The Labute approximate surface area is 531 Å². The summed E-state index contributed by atoms with van der Waals surface area (Å²) < 4.78 is 45.4. The number of benzene rings is 6. The van der Waals surface area contributed by atoms with Crippen molar-refractivity contribution in [1.82, 2.24) is 4.48 Å². The van der Waals surface area contributed by atoms with Crippen LogP contribution >= 0.6 is 22.7 Å². The molecule has 2 aliphatic heterocycles. The average Bonchev–Trinajstić information content (AvgIpc) is 1.53. The molecule has 6 aliphatic rings. The van der Waals surface area contributed by atoms with Gasteiger partial charge < -0.3 is 17.6 Å². The van der Waals surface area contributed by atoms with E-state index in [-0.39, 0.29) is 43.3 Å². The molecule has 0 N–H and O–H groups in total. The van der Waals surface area contributed by atoms with Crippen LogP contribution in [0.3, 0.4) is 0 Å². The third-order valence-electron chi connectivity index (χ3n) is 25.1. The fourth-order valence-electron chi connectivity index (χ4n) is 21.0. The Balaban J connectivity index is 1.04. The lowest BCUT2D eigenvalue weighted by Gasteiger charge is -2.32. The van der Waals surface area contributed by atoms with Gasteiger partial charge in [-0.1, -0.05) is 178 Å². The van der Waals surface area contributed by atoms with Gasteiger partial charge in [0.05, 0.1) is 16.0 Å². The standard InChI is InChI=1S/C81H91BF2N2S2/c1-17-78(18-2)44-74(9,10)68-56(78)41-57-69(75(11,12)45-79(57,19-3)20-4)66(68)50-33-35-52-54(37-50)72(64-39-48-29-25-27-31-62(48)87-64)85-60(52)43-61-53-36-34-51(38-55(53)73(86(61)82(85,83)84)65-40-49-30-26-28-32-63(49)88-65)67-70-58(80(21-5,22-6)46-76(70,13)14)42-59-71(67)77(15,16)47-81(59,23-7)24-8/h25-43H,17-24,44-47H2,1-16H3. The van der Waals surface area contributed by atoms with Gasteiger partial charge >= 0.3 is 6.97 Å². The SMILES string of the molecule is CCC1(CC)CC(C)(C)c2c1cc1c(c2-c2ccc3c(c2)C(c2cc4ccccc4s2)=[N+]2C3=Cc3c4ccc(-c5c6c(cc7c5C(C)(C)CC7(CC)CC)C(CC)(CC)CC6(C)C)cc4c(-c4cc5ccccc5s4)n3[B-]2(F)F)C(C)(C)CC1(CC)CC. The molecular weight excluding hydrogens is 1110 g/mol. The Kier molecular flexibility index (Phi) is 12.7. The molecule has 3 aromatic heterocycles. The fourth-order valence-corrected chi connectivity index (χ4v) is 23.2. The Bertz CT molecular complexity index is 4370. The molecule has 0 spiro atoms. The molecule has 2 nitrogen and oxygen atoms in total. The molecule has 0 unspecified atom stereocenters. The second-order valence-corrected chi connectivity index (χ2v) is 33.3. The quantitative estimate of drug-likeness (QED) is 0.108. The molecular formula is C81H91BF2N2S2. The molecule has 7 heteroatoms. The summed E-state index contributed by atoms with van der Waals surface area (Å²) in [4.78, 5) is 1.74. The van der Waals surface area contributed by atoms with Gasteiger partial charge in [0.1, 0.15) is 0 Å². The maximum atomic E-state index is 20.1. The van der Waals surface area contributed by atoms with Crippen molar-refractivity contribution in [2.45, 2.75) is 231 Å². The zero-order valence-electron chi connectivity index (χ0n) is 55.5. The second kappa shape index (κ2) is 19.1. The van der Waals surface area contributed by atoms with Crippen LogP contribution < -0.4 is 0 Å². The number of thiophene rings is 2. The van der Waals surface area contributed by atoms with E-state index >= 15 is 8.63 Å². The fraction of sp³-hybridized carbons (Fsp3) is 0.444. The van der Waals surface area contributed by atoms with Crippen LogP contribution in [0.15, 0.2) is 109 Å². The van der Waals surface area contributed by atoms with E-state index in [1.165, 1.54) is 64.6 Å². The van der Waals surface area contributed by atoms with Crippen LogP contribution in [-0.4, -0.2) is 21.6 Å². The van der Waals surface area contributed by atoms with Crippen molar-refractivity contribution in [3.05, 3.63) is 175 Å². The van der Waals surface area contributed by atoms with Gasteiger partial charge in [-0.2, -0.15) is 0 Å². The predicted octanol–water partition coefficient (Wildman–Crippen LogP) is 23.6. The highest BCUT2D eigenvalue weighted by atomic mass is 32.1. The van der Waals surface area contributed by atoms with Gasteiger partial charge in [0, 0.05) is 42.5 Å². The van der Waals surface area contributed by atoms with Crippen LogP contribution in [0, 0.1) is 0 Å². The smallest absolute Gasteiger partial charge is 0.389 e. The number of aromatic nitrogens is 1. The molecule has 0 bridgehead atoms. The Morgan fingerprint density at radius 1 is 0.443 bits per heavy atom. The number of hydrogen-bond acceptors (Lipinski definition) is 2. The van der Waals surface area contributed by atoms with Crippen molar-refractivity contribution < 1.29 is 13.1 Å². The zero-order chi connectivity index (χ0) is 62.0. The van der Waals surface area contributed by atoms with Crippen LogP contribution in [0.1, 0.15) is 254 Å². The summed E-state index contributed by atoms with van der Waals surface area (Å²) in [6.07, 6.45) is 15.3.